The maximum absolute atomic E-state index is 6.20. The number of nitrogens with two attached hydrogens (primary N) is 1. The lowest BCUT2D eigenvalue weighted by atomic mass is 9.99. The molecule has 2 atom stereocenters. The third kappa shape index (κ3) is 4.03. The highest BCUT2D eigenvalue weighted by molar-refractivity contribution is 4.98. The second-order valence-corrected chi connectivity index (χ2v) is 5.85. The summed E-state index contributed by atoms with van der Waals surface area (Å²) >= 11 is 0. The molecule has 20 heavy (non-hydrogen) atoms. The third-order valence-electron chi connectivity index (χ3n) is 4.19. The molecule has 0 amide bonds. The quantitative estimate of drug-likeness (QED) is 0.793. The highest BCUT2D eigenvalue weighted by Crippen LogP contribution is 2.25. The van der Waals surface area contributed by atoms with Crippen LogP contribution in [0.5, 0.6) is 0 Å². The van der Waals surface area contributed by atoms with E-state index >= 15 is 0 Å². The molecule has 1 saturated heterocycles. The lowest BCUT2D eigenvalue weighted by Crippen LogP contribution is -2.30. The van der Waals surface area contributed by atoms with Gasteiger partial charge in [0.1, 0.15) is 0 Å². The number of nitrogens with zero attached hydrogens (tertiary/aromatic N) is 3. The van der Waals surface area contributed by atoms with Crippen LogP contribution in [-0.4, -0.2) is 34.7 Å². The molecular formula is C15H28N4O. The molecule has 1 aliphatic heterocycles. The molecule has 5 nitrogen and oxygen atoms in total. The van der Waals surface area contributed by atoms with Crippen LogP contribution in [0.1, 0.15) is 76.0 Å². The molecule has 0 saturated carbocycles. The van der Waals surface area contributed by atoms with Crippen molar-refractivity contribution in [1.29, 1.82) is 0 Å². The Balaban J connectivity index is 1.92. The minimum absolute atomic E-state index is 0.130. The van der Waals surface area contributed by atoms with Crippen LogP contribution in [0.2, 0.25) is 0 Å². The average Bonchev–Trinajstić information content (AvgIpc) is 3.11. The van der Waals surface area contributed by atoms with Gasteiger partial charge in [0, 0.05) is 12.5 Å². The summed E-state index contributed by atoms with van der Waals surface area (Å²) in [6.07, 6.45) is 7.12. The molecule has 2 heterocycles. The zero-order valence-electron chi connectivity index (χ0n) is 12.8. The maximum Gasteiger partial charge on any atom is 0.229 e. The molecule has 0 aromatic carbocycles. The molecule has 114 valence electrons. The van der Waals surface area contributed by atoms with Crippen molar-refractivity contribution in [3.05, 3.63) is 11.7 Å². The van der Waals surface area contributed by atoms with Crippen LogP contribution < -0.4 is 5.73 Å². The van der Waals surface area contributed by atoms with E-state index in [9.17, 15) is 0 Å². The van der Waals surface area contributed by atoms with Gasteiger partial charge in [-0.25, -0.2) is 0 Å². The van der Waals surface area contributed by atoms with Crippen molar-refractivity contribution in [3.8, 4) is 0 Å². The SMILES string of the molecule is CCCCC(CC)c1nc(C(N)CN2CCCC2)no1. The first kappa shape index (κ1) is 15.4. The van der Waals surface area contributed by atoms with Crippen molar-refractivity contribution in [2.24, 2.45) is 5.73 Å². The number of hydrogen-bond acceptors (Lipinski definition) is 5. The highest BCUT2D eigenvalue weighted by Gasteiger charge is 2.22. The van der Waals surface area contributed by atoms with Crippen molar-refractivity contribution in [1.82, 2.24) is 15.0 Å². The molecule has 0 bridgehead atoms. The highest BCUT2D eigenvalue weighted by atomic mass is 16.5. The summed E-state index contributed by atoms with van der Waals surface area (Å²) in [4.78, 5) is 6.93. The number of aromatic nitrogens is 2. The van der Waals surface area contributed by atoms with E-state index < -0.39 is 0 Å². The van der Waals surface area contributed by atoms with Crippen LogP contribution in [0.15, 0.2) is 4.52 Å². The molecule has 1 fully saturated rings. The lowest BCUT2D eigenvalue weighted by molar-refractivity contribution is 0.302. The Bertz CT molecular complexity index is 387. The summed E-state index contributed by atoms with van der Waals surface area (Å²) in [5.41, 5.74) is 6.20. The minimum atomic E-state index is -0.130. The third-order valence-corrected chi connectivity index (χ3v) is 4.19. The Hall–Kier alpha value is -0.940. The molecule has 1 aliphatic rings. The van der Waals surface area contributed by atoms with Crippen molar-refractivity contribution in [2.75, 3.05) is 19.6 Å². The van der Waals surface area contributed by atoms with Crippen LogP contribution in [-0.2, 0) is 0 Å². The second kappa shape index (κ2) is 7.74. The Morgan fingerprint density at radius 1 is 1.30 bits per heavy atom. The fourth-order valence-electron chi connectivity index (χ4n) is 2.84. The lowest BCUT2D eigenvalue weighted by Gasteiger charge is -2.17. The maximum atomic E-state index is 6.20. The van der Waals surface area contributed by atoms with Crippen LogP contribution in [0.4, 0.5) is 0 Å². The van der Waals surface area contributed by atoms with Gasteiger partial charge in [-0.05, 0) is 38.8 Å². The van der Waals surface area contributed by atoms with E-state index in [0.717, 1.165) is 38.4 Å². The van der Waals surface area contributed by atoms with Gasteiger partial charge < -0.3 is 15.2 Å². The number of unbranched alkanes of at least 4 members (excludes halogenated alkanes) is 1. The van der Waals surface area contributed by atoms with E-state index in [0.29, 0.717) is 11.7 Å². The van der Waals surface area contributed by atoms with Crippen LogP contribution in [0, 0.1) is 0 Å². The Kier molecular flexibility index (Phi) is 5.98. The fraction of sp³-hybridized carbons (Fsp3) is 0.867. The van der Waals surface area contributed by atoms with E-state index in [-0.39, 0.29) is 6.04 Å². The van der Waals surface area contributed by atoms with Gasteiger partial charge in [0.2, 0.25) is 5.89 Å². The summed E-state index contributed by atoms with van der Waals surface area (Å²) in [5, 5.41) is 4.10. The van der Waals surface area contributed by atoms with Gasteiger partial charge in [0.25, 0.3) is 0 Å². The van der Waals surface area contributed by atoms with Crippen LogP contribution in [0.25, 0.3) is 0 Å². The summed E-state index contributed by atoms with van der Waals surface area (Å²) < 4.78 is 5.44. The van der Waals surface area contributed by atoms with E-state index in [1.807, 2.05) is 0 Å². The average molecular weight is 280 g/mol. The van der Waals surface area contributed by atoms with Gasteiger partial charge in [-0.1, -0.05) is 31.8 Å². The van der Waals surface area contributed by atoms with Gasteiger partial charge in [-0.2, -0.15) is 4.98 Å². The first-order valence-corrected chi connectivity index (χ1v) is 8.06. The predicted octanol–water partition coefficient (Wildman–Crippen LogP) is 2.85. The van der Waals surface area contributed by atoms with Gasteiger partial charge in [0.15, 0.2) is 5.82 Å². The Morgan fingerprint density at radius 3 is 2.70 bits per heavy atom. The van der Waals surface area contributed by atoms with E-state index in [4.69, 9.17) is 10.3 Å². The molecule has 5 heteroatoms. The van der Waals surface area contributed by atoms with Crippen LogP contribution >= 0.6 is 0 Å². The normalized spacial score (nSPS) is 19.4. The molecule has 0 radical (unpaired) electrons. The summed E-state index contributed by atoms with van der Waals surface area (Å²) in [6.45, 7) is 7.51. The molecule has 2 N–H and O–H groups in total. The van der Waals surface area contributed by atoms with E-state index in [2.05, 4.69) is 28.9 Å². The number of hydrogen-bond donors (Lipinski definition) is 1. The first-order valence-electron chi connectivity index (χ1n) is 8.06. The zero-order chi connectivity index (χ0) is 14.4. The number of rotatable bonds is 8. The van der Waals surface area contributed by atoms with Gasteiger partial charge in [-0.15, -0.1) is 0 Å². The van der Waals surface area contributed by atoms with Crippen molar-refractivity contribution in [3.63, 3.8) is 0 Å². The standard InChI is InChI=1S/C15H28N4O/c1-3-5-8-12(4-2)15-17-14(18-20-15)13(16)11-19-9-6-7-10-19/h12-13H,3-11,16H2,1-2H3. The molecule has 1 aromatic heterocycles. The molecule has 2 rings (SSSR count). The first-order chi connectivity index (χ1) is 9.74. The molecule has 0 spiro atoms. The largest absolute Gasteiger partial charge is 0.339 e. The molecule has 2 unspecified atom stereocenters. The molecule has 0 aliphatic carbocycles. The zero-order valence-corrected chi connectivity index (χ0v) is 12.8. The van der Waals surface area contributed by atoms with Crippen molar-refractivity contribution in [2.45, 2.75) is 64.3 Å². The van der Waals surface area contributed by atoms with Gasteiger partial charge in [-0.3, -0.25) is 0 Å². The fourth-order valence-corrected chi connectivity index (χ4v) is 2.84. The minimum Gasteiger partial charge on any atom is -0.339 e. The second-order valence-electron chi connectivity index (χ2n) is 5.85. The smallest absolute Gasteiger partial charge is 0.229 e. The Morgan fingerprint density at radius 2 is 2.05 bits per heavy atom. The van der Waals surface area contributed by atoms with E-state index in [1.54, 1.807) is 0 Å². The summed E-state index contributed by atoms with van der Waals surface area (Å²) in [7, 11) is 0. The Labute approximate surface area is 121 Å². The van der Waals surface area contributed by atoms with Gasteiger partial charge in [0.05, 0.1) is 6.04 Å². The van der Waals surface area contributed by atoms with Crippen molar-refractivity contribution < 1.29 is 4.52 Å². The molecule has 1 aromatic rings. The monoisotopic (exact) mass is 280 g/mol. The van der Waals surface area contributed by atoms with Crippen molar-refractivity contribution >= 4 is 0 Å². The van der Waals surface area contributed by atoms with Crippen LogP contribution in [0.3, 0.4) is 0 Å². The topological polar surface area (TPSA) is 68.2 Å². The van der Waals surface area contributed by atoms with E-state index in [1.165, 1.54) is 25.7 Å². The molecular weight excluding hydrogens is 252 g/mol. The summed E-state index contributed by atoms with van der Waals surface area (Å²) in [5.74, 6) is 1.82. The number of likely N-dealkylation sites (tertiary alicyclic amines) is 1. The summed E-state index contributed by atoms with van der Waals surface area (Å²) in [6, 6.07) is -0.130. The van der Waals surface area contributed by atoms with Gasteiger partial charge >= 0.3 is 0 Å². The predicted molar refractivity (Wildman–Crippen MR) is 79.5 cm³/mol.